The molecule has 1 fully saturated rings. The van der Waals surface area contributed by atoms with E-state index in [1.54, 1.807) is 18.2 Å². The lowest BCUT2D eigenvalue weighted by Gasteiger charge is -2.39. The maximum absolute atomic E-state index is 12.0. The SMILES string of the molecule is CO[C@H]1O[C@H](COC(=O)NC(=N)NC(=O)Cc2c(Cl)cccc2Cl)[C@@H](O)[C@H](O)[C@H]1O.Cl. The third-order valence-corrected chi connectivity index (χ3v) is 4.88. The van der Waals surface area contributed by atoms with Gasteiger partial charge >= 0.3 is 6.09 Å². The van der Waals surface area contributed by atoms with Crippen molar-refractivity contribution in [2.24, 2.45) is 0 Å². The number of halogens is 3. The summed E-state index contributed by atoms with van der Waals surface area (Å²) < 4.78 is 14.9. The highest BCUT2D eigenvalue weighted by molar-refractivity contribution is 6.36. The highest BCUT2D eigenvalue weighted by Gasteiger charge is 2.44. The number of benzene rings is 1. The van der Waals surface area contributed by atoms with Gasteiger partial charge in [-0.15, -0.1) is 12.4 Å². The molecular formula is C17H22Cl3N3O8. The van der Waals surface area contributed by atoms with Gasteiger partial charge < -0.3 is 29.5 Å². The van der Waals surface area contributed by atoms with Crippen LogP contribution >= 0.6 is 35.6 Å². The first-order chi connectivity index (χ1) is 14.1. The molecule has 0 unspecified atom stereocenters. The van der Waals surface area contributed by atoms with Crippen LogP contribution in [0.2, 0.25) is 10.0 Å². The summed E-state index contributed by atoms with van der Waals surface area (Å²) in [6.07, 6.45) is -8.36. The fourth-order valence-electron chi connectivity index (χ4n) is 2.62. The van der Waals surface area contributed by atoms with E-state index in [1.807, 2.05) is 5.32 Å². The Balaban J connectivity index is 0.00000480. The third kappa shape index (κ3) is 7.44. The molecule has 0 bridgehead atoms. The van der Waals surface area contributed by atoms with E-state index >= 15 is 0 Å². The average Bonchev–Trinajstić information content (AvgIpc) is 2.68. The first kappa shape index (κ1) is 27.3. The number of alkyl carbamates (subject to hydrolysis) is 1. The highest BCUT2D eigenvalue weighted by Crippen LogP contribution is 2.24. The van der Waals surface area contributed by atoms with Crippen molar-refractivity contribution in [1.82, 2.24) is 10.6 Å². The van der Waals surface area contributed by atoms with Crippen molar-refractivity contribution in [2.45, 2.75) is 37.1 Å². The van der Waals surface area contributed by atoms with Crippen LogP contribution in [0.1, 0.15) is 5.56 Å². The molecule has 1 aliphatic rings. The Labute approximate surface area is 193 Å². The topological polar surface area (TPSA) is 170 Å². The fraction of sp³-hybridized carbons (Fsp3) is 0.471. The standard InChI is InChI=1S/C17H21Cl2N3O8.ClH/c1-28-15-14(26)13(25)12(24)10(30-15)6-29-17(27)22-16(20)21-11(23)5-7-8(18)3-2-4-9(7)19;/h2-4,10,12-15,24-26H,5-6H2,1H3,(H3,20,21,22,23,27);1H/t10-,12-,13+,14-,15+;/m1./s1. The van der Waals surface area contributed by atoms with E-state index in [1.165, 1.54) is 7.11 Å². The number of aliphatic hydroxyl groups excluding tert-OH is 3. The van der Waals surface area contributed by atoms with E-state index in [0.29, 0.717) is 5.56 Å². The number of carbonyl (C=O) groups is 2. The van der Waals surface area contributed by atoms with Crippen molar-refractivity contribution in [3.8, 4) is 0 Å². The Morgan fingerprint density at radius 2 is 1.74 bits per heavy atom. The van der Waals surface area contributed by atoms with Crippen molar-refractivity contribution in [2.75, 3.05) is 13.7 Å². The van der Waals surface area contributed by atoms with Crippen LogP contribution in [0.15, 0.2) is 18.2 Å². The van der Waals surface area contributed by atoms with Crippen LogP contribution in [0.25, 0.3) is 0 Å². The lowest BCUT2D eigenvalue weighted by atomic mass is 9.99. The lowest BCUT2D eigenvalue weighted by Crippen LogP contribution is -2.59. The molecule has 1 aliphatic heterocycles. The zero-order valence-corrected chi connectivity index (χ0v) is 18.4. The second kappa shape index (κ2) is 12.4. The molecule has 31 heavy (non-hydrogen) atoms. The quantitative estimate of drug-likeness (QED) is 0.245. The van der Waals surface area contributed by atoms with E-state index in [4.69, 9.17) is 42.8 Å². The van der Waals surface area contributed by atoms with E-state index in [9.17, 15) is 24.9 Å². The minimum absolute atomic E-state index is 0. The van der Waals surface area contributed by atoms with Gasteiger partial charge in [-0.3, -0.25) is 20.8 Å². The summed E-state index contributed by atoms with van der Waals surface area (Å²) in [5.41, 5.74) is 0.366. The molecule has 0 radical (unpaired) electrons. The van der Waals surface area contributed by atoms with Gasteiger partial charge in [-0.05, 0) is 17.7 Å². The highest BCUT2D eigenvalue weighted by atomic mass is 35.5. The first-order valence-corrected chi connectivity index (χ1v) is 9.37. The summed E-state index contributed by atoms with van der Waals surface area (Å²) in [4.78, 5) is 23.8. The molecule has 0 aromatic heterocycles. The Morgan fingerprint density at radius 1 is 1.13 bits per heavy atom. The van der Waals surface area contributed by atoms with E-state index in [2.05, 4.69) is 5.32 Å². The normalized spacial score (nSPS) is 25.2. The molecule has 1 aromatic rings. The van der Waals surface area contributed by atoms with Crippen LogP contribution < -0.4 is 10.6 Å². The zero-order chi connectivity index (χ0) is 22.4. The van der Waals surface area contributed by atoms with E-state index in [0.717, 1.165) is 0 Å². The molecule has 0 spiro atoms. The van der Waals surface area contributed by atoms with Crippen LogP contribution in [0, 0.1) is 5.41 Å². The second-order valence-electron chi connectivity index (χ2n) is 6.27. The molecule has 0 saturated carbocycles. The summed E-state index contributed by atoms with van der Waals surface area (Å²) in [7, 11) is 1.22. The Hall–Kier alpha value is -1.70. The lowest BCUT2D eigenvalue weighted by molar-refractivity contribution is -0.294. The van der Waals surface area contributed by atoms with Crippen LogP contribution in [-0.4, -0.2) is 77.7 Å². The predicted octanol–water partition coefficient (Wildman–Crippen LogP) is 0.189. The largest absolute Gasteiger partial charge is 0.446 e. The van der Waals surface area contributed by atoms with Crippen molar-refractivity contribution < 1.29 is 39.1 Å². The predicted molar refractivity (Wildman–Crippen MR) is 111 cm³/mol. The summed E-state index contributed by atoms with van der Waals surface area (Å²) >= 11 is 12.0. The van der Waals surface area contributed by atoms with Gasteiger partial charge in [0, 0.05) is 17.2 Å². The number of nitrogens with one attached hydrogen (secondary N) is 3. The number of hydrogen-bond donors (Lipinski definition) is 6. The number of carbonyl (C=O) groups excluding carboxylic acids is 2. The molecular weight excluding hydrogens is 481 g/mol. The summed E-state index contributed by atoms with van der Waals surface area (Å²) in [5.74, 6) is -1.31. The molecule has 1 aromatic carbocycles. The Bertz CT molecular complexity index is 778. The number of ether oxygens (including phenoxy) is 3. The van der Waals surface area contributed by atoms with Crippen LogP contribution in [0.3, 0.4) is 0 Å². The Morgan fingerprint density at radius 3 is 2.32 bits per heavy atom. The van der Waals surface area contributed by atoms with Gasteiger partial charge in [0.1, 0.15) is 31.0 Å². The molecule has 11 nitrogen and oxygen atoms in total. The van der Waals surface area contributed by atoms with E-state index < -0.39 is 55.3 Å². The fourth-order valence-corrected chi connectivity index (χ4v) is 3.15. The molecule has 0 aliphatic carbocycles. The van der Waals surface area contributed by atoms with Crippen molar-refractivity contribution in [3.05, 3.63) is 33.8 Å². The molecule has 1 saturated heterocycles. The van der Waals surface area contributed by atoms with Crippen LogP contribution in [0.5, 0.6) is 0 Å². The summed E-state index contributed by atoms with van der Waals surface area (Å²) in [5, 5.41) is 41.6. The number of amides is 2. The molecule has 14 heteroatoms. The Kier molecular flexibility index (Phi) is 10.9. The number of methoxy groups -OCH3 is 1. The monoisotopic (exact) mass is 501 g/mol. The second-order valence-corrected chi connectivity index (χ2v) is 7.09. The number of hydrogen-bond acceptors (Lipinski definition) is 9. The molecule has 2 rings (SSSR count). The van der Waals surface area contributed by atoms with Crippen molar-refractivity contribution in [1.29, 1.82) is 5.41 Å². The molecule has 1 heterocycles. The minimum atomic E-state index is -1.57. The van der Waals surface area contributed by atoms with Gasteiger partial charge in [0.25, 0.3) is 0 Å². The maximum Gasteiger partial charge on any atom is 0.414 e. The smallest absolute Gasteiger partial charge is 0.414 e. The third-order valence-electron chi connectivity index (χ3n) is 4.17. The number of guanidine groups is 1. The van der Waals surface area contributed by atoms with Crippen molar-refractivity contribution >= 4 is 53.6 Å². The summed E-state index contributed by atoms with van der Waals surface area (Å²) in [6.45, 7) is -0.521. The van der Waals surface area contributed by atoms with Gasteiger partial charge in [0.15, 0.2) is 6.29 Å². The molecule has 5 atom stereocenters. The minimum Gasteiger partial charge on any atom is -0.446 e. The summed E-state index contributed by atoms with van der Waals surface area (Å²) in [6, 6.07) is 4.73. The number of rotatable bonds is 5. The van der Waals surface area contributed by atoms with Crippen molar-refractivity contribution in [3.63, 3.8) is 0 Å². The number of aliphatic hydroxyl groups is 3. The van der Waals surface area contributed by atoms with Gasteiger partial charge in [0.2, 0.25) is 11.9 Å². The van der Waals surface area contributed by atoms with E-state index in [-0.39, 0.29) is 28.9 Å². The van der Waals surface area contributed by atoms with Gasteiger partial charge in [0.05, 0.1) is 6.42 Å². The molecule has 6 N–H and O–H groups in total. The first-order valence-electron chi connectivity index (χ1n) is 8.61. The zero-order valence-electron chi connectivity index (χ0n) is 16.1. The van der Waals surface area contributed by atoms with Crippen LogP contribution in [0.4, 0.5) is 4.79 Å². The maximum atomic E-state index is 12.0. The molecule has 174 valence electrons. The van der Waals surface area contributed by atoms with Crippen LogP contribution in [-0.2, 0) is 25.4 Å². The molecule has 2 amide bonds. The van der Waals surface area contributed by atoms with Gasteiger partial charge in [-0.1, -0.05) is 29.3 Å². The van der Waals surface area contributed by atoms with Gasteiger partial charge in [-0.2, -0.15) is 0 Å². The average molecular weight is 503 g/mol. The van der Waals surface area contributed by atoms with Gasteiger partial charge in [-0.25, -0.2) is 4.79 Å².